The van der Waals surface area contributed by atoms with Crippen LogP contribution in [0.3, 0.4) is 0 Å². The number of anilines is 3. The molecule has 1 fully saturated rings. The molecule has 1 aliphatic rings. The highest BCUT2D eigenvalue weighted by Crippen LogP contribution is 2.40. The van der Waals surface area contributed by atoms with Crippen LogP contribution in [0.1, 0.15) is 31.7 Å². The van der Waals surface area contributed by atoms with E-state index in [0.29, 0.717) is 78.5 Å². The first kappa shape index (κ1) is 33.2. The van der Waals surface area contributed by atoms with Gasteiger partial charge >= 0.3 is 12.2 Å². The van der Waals surface area contributed by atoms with Crippen molar-refractivity contribution >= 4 is 39.9 Å². The van der Waals surface area contributed by atoms with Gasteiger partial charge in [-0.2, -0.15) is 13.2 Å². The summed E-state index contributed by atoms with van der Waals surface area (Å²) in [5.74, 6) is 2.09. The third kappa shape index (κ3) is 8.15. The second-order valence-corrected chi connectivity index (χ2v) is 11.1. The molecule has 0 atom stereocenters. The lowest BCUT2D eigenvalue weighted by molar-refractivity contribution is -0.137. The van der Waals surface area contributed by atoms with Gasteiger partial charge < -0.3 is 35.1 Å². The Bertz CT molecular complexity index is 1740. The fourth-order valence-electron chi connectivity index (χ4n) is 5.47. The molecule has 248 valence electrons. The zero-order valence-electron chi connectivity index (χ0n) is 26.2. The number of carbonyl (C=O) groups is 2. The molecule has 47 heavy (non-hydrogen) atoms. The van der Waals surface area contributed by atoms with Crippen LogP contribution in [0.15, 0.2) is 66.9 Å². The van der Waals surface area contributed by atoms with E-state index < -0.39 is 17.8 Å². The van der Waals surface area contributed by atoms with Crippen molar-refractivity contribution in [1.82, 2.24) is 10.3 Å². The van der Waals surface area contributed by atoms with Crippen LogP contribution in [-0.4, -0.2) is 50.8 Å². The Balaban J connectivity index is 1.25. The van der Waals surface area contributed by atoms with E-state index in [9.17, 15) is 22.8 Å². The number of amides is 3. The van der Waals surface area contributed by atoms with Crippen LogP contribution in [0.2, 0.25) is 0 Å². The monoisotopic (exact) mass is 651 g/mol. The summed E-state index contributed by atoms with van der Waals surface area (Å²) < 4.78 is 59.4. The van der Waals surface area contributed by atoms with Gasteiger partial charge in [-0.25, -0.2) is 4.79 Å². The van der Waals surface area contributed by atoms with Crippen molar-refractivity contribution in [2.75, 3.05) is 49.4 Å². The molecule has 10 nitrogen and oxygen atoms in total. The van der Waals surface area contributed by atoms with Crippen molar-refractivity contribution in [3.8, 4) is 23.0 Å². The molecule has 3 aromatic carbocycles. The number of hydrogen-bond donors (Lipinski definition) is 3. The summed E-state index contributed by atoms with van der Waals surface area (Å²) >= 11 is 0. The van der Waals surface area contributed by atoms with Crippen LogP contribution in [0.25, 0.3) is 10.9 Å². The number of urea groups is 1. The Kier molecular flexibility index (Phi) is 10.2. The molecule has 0 bridgehead atoms. The summed E-state index contributed by atoms with van der Waals surface area (Å²) in [6.45, 7) is 3.15. The smallest absolute Gasteiger partial charge is 0.418 e. The van der Waals surface area contributed by atoms with Crippen LogP contribution < -0.4 is 35.1 Å². The number of methoxy groups -OCH3 is 2. The molecule has 3 amide bonds. The van der Waals surface area contributed by atoms with E-state index >= 15 is 0 Å². The Labute approximate surface area is 270 Å². The summed E-state index contributed by atoms with van der Waals surface area (Å²) in [6.07, 6.45) is -1.33. The van der Waals surface area contributed by atoms with Crippen molar-refractivity contribution < 1.29 is 37.0 Å². The number of piperidine rings is 1. The van der Waals surface area contributed by atoms with Crippen LogP contribution in [0.5, 0.6) is 23.0 Å². The number of rotatable bonds is 10. The maximum absolute atomic E-state index is 14.2. The quantitative estimate of drug-likeness (QED) is 0.163. The number of nitrogens with zero attached hydrogens (tertiary/aromatic N) is 2. The maximum Gasteiger partial charge on any atom is 0.418 e. The molecule has 3 N–H and O–H groups in total. The largest absolute Gasteiger partial charge is 0.493 e. The van der Waals surface area contributed by atoms with Crippen LogP contribution in [0.4, 0.5) is 35.0 Å². The van der Waals surface area contributed by atoms with Crippen molar-refractivity contribution in [3.05, 3.63) is 72.4 Å². The lowest BCUT2D eigenvalue weighted by Gasteiger charge is -2.35. The Morgan fingerprint density at radius 1 is 0.915 bits per heavy atom. The average Bonchev–Trinajstić information content (AvgIpc) is 3.06. The van der Waals surface area contributed by atoms with Crippen LogP contribution in [0, 0.1) is 5.92 Å². The van der Waals surface area contributed by atoms with Gasteiger partial charge in [-0.1, -0.05) is 13.0 Å². The van der Waals surface area contributed by atoms with E-state index in [1.165, 1.54) is 26.4 Å². The first-order valence-electron chi connectivity index (χ1n) is 15.2. The first-order valence-corrected chi connectivity index (χ1v) is 15.2. The van der Waals surface area contributed by atoms with Crippen molar-refractivity contribution in [1.29, 1.82) is 0 Å². The average molecular weight is 652 g/mol. The summed E-state index contributed by atoms with van der Waals surface area (Å²) in [7, 11) is 3.06. The van der Waals surface area contributed by atoms with E-state index in [-0.39, 0.29) is 23.2 Å². The highest BCUT2D eigenvalue weighted by atomic mass is 19.4. The number of halogens is 3. The van der Waals surface area contributed by atoms with E-state index in [1.54, 1.807) is 60.5 Å². The predicted octanol–water partition coefficient (Wildman–Crippen LogP) is 7.45. The number of hydrogen-bond acceptors (Lipinski definition) is 7. The van der Waals surface area contributed by atoms with Gasteiger partial charge in [0.2, 0.25) is 5.91 Å². The standard InChI is InChI=1S/C34H36F3N5O5/c1-4-32(43)39-20-21-11-14-42(15-12-21)28-9-8-23(17-26(28)34(35,36)37)41-33(44)40-22-6-5-7-24(16-22)47-29-10-13-38-27-19-31(46-3)30(45-2)18-25(27)29/h5-10,13,16-19,21H,4,11-12,14-15,20H2,1-3H3,(H,39,43)(H2,40,41,44). The lowest BCUT2D eigenvalue weighted by atomic mass is 9.95. The third-order valence-corrected chi connectivity index (χ3v) is 7.95. The molecule has 2 heterocycles. The van der Waals surface area contributed by atoms with Gasteiger partial charge in [0.25, 0.3) is 0 Å². The minimum Gasteiger partial charge on any atom is -0.493 e. The van der Waals surface area contributed by atoms with Crippen molar-refractivity contribution in [2.24, 2.45) is 5.92 Å². The summed E-state index contributed by atoms with van der Waals surface area (Å²) in [4.78, 5) is 30.5. The molecule has 0 aliphatic carbocycles. The Morgan fingerprint density at radius 3 is 2.30 bits per heavy atom. The molecule has 4 aromatic rings. The summed E-state index contributed by atoms with van der Waals surface area (Å²) in [5.41, 5.74) is 0.213. The Morgan fingerprint density at radius 2 is 1.62 bits per heavy atom. The normalized spacial score (nSPS) is 13.6. The number of benzene rings is 3. The molecule has 13 heteroatoms. The number of nitrogens with one attached hydrogen (secondary N) is 3. The topological polar surface area (TPSA) is 114 Å². The minimum atomic E-state index is -4.63. The van der Waals surface area contributed by atoms with Crippen molar-refractivity contribution in [3.63, 3.8) is 0 Å². The van der Waals surface area contributed by atoms with E-state index in [2.05, 4.69) is 20.9 Å². The maximum atomic E-state index is 14.2. The number of fused-ring (bicyclic) bond motifs is 1. The highest BCUT2D eigenvalue weighted by Gasteiger charge is 2.36. The zero-order valence-corrected chi connectivity index (χ0v) is 26.2. The van der Waals surface area contributed by atoms with E-state index in [0.717, 1.165) is 6.07 Å². The zero-order chi connectivity index (χ0) is 33.6. The SMILES string of the molecule is CCC(=O)NCC1CCN(c2ccc(NC(=O)Nc3cccc(Oc4ccnc5cc(OC)c(OC)cc45)c3)cc2C(F)(F)F)CC1. The van der Waals surface area contributed by atoms with Gasteiger partial charge in [-0.05, 0) is 61.2 Å². The molecule has 5 rings (SSSR count). The number of carbonyl (C=O) groups excluding carboxylic acids is 2. The molecule has 0 saturated carbocycles. The highest BCUT2D eigenvalue weighted by molar-refractivity contribution is 6.00. The van der Waals surface area contributed by atoms with Crippen LogP contribution in [-0.2, 0) is 11.0 Å². The van der Waals surface area contributed by atoms with Gasteiger partial charge in [0.1, 0.15) is 11.5 Å². The van der Waals surface area contributed by atoms with Gasteiger partial charge in [-0.15, -0.1) is 0 Å². The molecular formula is C34H36F3N5O5. The minimum absolute atomic E-state index is 0.00391. The molecule has 1 aromatic heterocycles. The molecule has 1 aliphatic heterocycles. The molecule has 1 saturated heterocycles. The number of ether oxygens (including phenoxy) is 3. The Hall–Kier alpha value is -5.20. The number of pyridine rings is 1. The molecule has 0 radical (unpaired) electrons. The van der Waals surface area contributed by atoms with E-state index in [4.69, 9.17) is 14.2 Å². The first-order chi connectivity index (χ1) is 22.6. The van der Waals surface area contributed by atoms with Crippen LogP contribution >= 0.6 is 0 Å². The van der Waals surface area contributed by atoms with E-state index in [1.807, 2.05) is 0 Å². The fourth-order valence-corrected chi connectivity index (χ4v) is 5.47. The van der Waals surface area contributed by atoms with Crippen molar-refractivity contribution in [2.45, 2.75) is 32.4 Å². The summed E-state index contributed by atoms with van der Waals surface area (Å²) in [5, 5.41) is 8.70. The lowest BCUT2D eigenvalue weighted by Crippen LogP contribution is -2.39. The molecule has 0 unspecified atom stereocenters. The van der Waals surface area contributed by atoms with Gasteiger partial charge in [0, 0.05) is 66.8 Å². The summed E-state index contributed by atoms with van der Waals surface area (Å²) in [6, 6.07) is 14.8. The predicted molar refractivity (Wildman–Crippen MR) is 174 cm³/mol. The van der Waals surface area contributed by atoms with Gasteiger partial charge in [0.05, 0.1) is 25.3 Å². The molecule has 0 spiro atoms. The van der Waals surface area contributed by atoms with Gasteiger partial charge in [-0.3, -0.25) is 9.78 Å². The number of aromatic nitrogens is 1. The second kappa shape index (κ2) is 14.5. The second-order valence-electron chi connectivity index (χ2n) is 11.1. The van der Waals surface area contributed by atoms with Gasteiger partial charge in [0.15, 0.2) is 11.5 Å². The third-order valence-electron chi connectivity index (χ3n) is 7.95. The molecular weight excluding hydrogens is 615 g/mol. The number of alkyl halides is 3. The fraction of sp³-hybridized carbons (Fsp3) is 0.324.